The van der Waals surface area contributed by atoms with Gasteiger partial charge in [0.05, 0.1) is 12.8 Å². The molecule has 0 unspecified atom stereocenters. The first kappa shape index (κ1) is 12.4. The summed E-state index contributed by atoms with van der Waals surface area (Å²) in [6.45, 7) is 2.61. The second kappa shape index (κ2) is 5.16. The van der Waals surface area contributed by atoms with Gasteiger partial charge in [-0.05, 0) is 18.6 Å². The van der Waals surface area contributed by atoms with E-state index >= 15 is 0 Å². The number of rotatable bonds is 4. The molecule has 1 N–H and O–H groups in total. The minimum atomic E-state index is 0.611. The molecule has 0 aromatic carbocycles. The van der Waals surface area contributed by atoms with Crippen LogP contribution >= 0.6 is 0 Å². The van der Waals surface area contributed by atoms with Crippen molar-refractivity contribution in [1.82, 2.24) is 19.6 Å². The Bertz CT molecular complexity index is 720. The summed E-state index contributed by atoms with van der Waals surface area (Å²) < 4.78 is 6.85. The second-order valence-corrected chi connectivity index (χ2v) is 4.45. The van der Waals surface area contributed by atoms with Gasteiger partial charge in [0.15, 0.2) is 5.82 Å². The maximum absolute atomic E-state index is 5.04. The first-order valence-corrected chi connectivity index (χ1v) is 6.30. The fourth-order valence-corrected chi connectivity index (χ4v) is 2.00. The zero-order chi connectivity index (χ0) is 13.9. The van der Waals surface area contributed by atoms with Crippen LogP contribution in [0, 0.1) is 6.92 Å². The summed E-state index contributed by atoms with van der Waals surface area (Å²) in [5.74, 6) is 1.42. The van der Waals surface area contributed by atoms with E-state index in [2.05, 4.69) is 20.4 Å². The van der Waals surface area contributed by atoms with Crippen molar-refractivity contribution >= 4 is 11.3 Å². The van der Waals surface area contributed by atoms with Crippen LogP contribution in [-0.2, 0) is 6.54 Å². The zero-order valence-electron chi connectivity index (χ0n) is 11.4. The molecule has 0 atom stereocenters. The summed E-state index contributed by atoms with van der Waals surface area (Å²) in [5, 5.41) is 7.66. The van der Waals surface area contributed by atoms with E-state index in [1.807, 2.05) is 35.8 Å². The molecule has 0 aliphatic heterocycles. The van der Waals surface area contributed by atoms with Gasteiger partial charge in [-0.3, -0.25) is 0 Å². The highest BCUT2D eigenvalue weighted by molar-refractivity contribution is 5.67. The molecule has 0 aliphatic rings. The van der Waals surface area contributed by atoms with Gasteiger partial charge in [-0.25, -0.2) is 14.5 Å². The molecule has 0 bridgehead atoms. The molecule has 0 saturated heterocycles. The van der Waals surface area contributed by atoms with Gasteiger partial charge in [-0.1, -0.05) is 6.07 Å². The van der Waals surface area contributed by atoms with Crippen molar-refractivity contribution in [3.63, 3.8) is 0 Å². The topological polar surface area (TPSA) is 64.3 Å². The van der Waals surface area contributed by atoms with E-state index in [0.717, 1.165) is 22.6 Å². The van der Waals surface area contributed by atoms with Gasteiger partial charge in [0, 0.05) is 31.2 Å². The number of aryl methyl sites for hydroxylation is 1. The SMILES string of the molecule is COc1ccc(CNc2nccn3nc(C)cc23)cn1. The smallest absolute Gasteiger partial charge is 0.212 e. The number of nitrogens with zero attached hydrogens (tertiary/aromatic N) is 4. The maximum atomic E-state index is 5.04. The lowest BCUT2D eigenvalue weighted by molar-refractivity contribution is 0.397. The summed E-state index contributed by atoms with van der Waals surface area (Å²) in [6.07, 6.45) is 5.35. The molecule has 6 nitrogen and oxygen atoms in total. The lowest BCUT2D eigenvalue weighted by atomic mass is 10.3. The number of fused-ring (bicyclic) bond motifs is 1. The Hall–Kier alpha value is -2.63. The third-order valence-corrected chi connectivity index (χ3v) is 2.98. The predicted octanol–water partition coefficient (Wildman–Crippen LogP) is 2.05. The van der Waals surface area contributed by atoms with Gasteiger partial charge in [0.25, 0.3) is 0 Å². The van der Waals surface area contributed by atoms with E-state index in [1.165, 1.54) is 0 Å². The van der Waals surface area contributed by atoms with E-state index in [4.69, 9.17) is 4.74 Å². The first-order valence-electron chi connectivity index (χ1n) is 6.30. The van der Waals surface area contributed by atoms with Gasteiger partial charge in [-0.15, -0.1) is 0 Å². The quantitative estimate of drug-likeness (QED) is 0.785. The molecular formula is C14H15N5O. The van der Waals surface area contributed by atoms with Crippen molar-refractivity contribution in [2.45, 2.75) is 13.5 Å². The van der Waals surface area contributed by atoms with Crippen LogP contribution in [-0.4, -0.2) is 26.7 Å². The Balaban J connectivity index is 1.79. The van der Waals surface area contributed by atoms with Crippen LogP contribution in [0.25, 0.3) is 5.52 Å². The van der Waals surface area contributed by atoms with Gasteiger partial charge >= 0.3 is 0 Å². The highest BCUT2D eigenvalue weighted by Crippen LogP contribution is 2.16. The summed E-state index contributed by atoms with van der Waals surface area (Å²) in [6, 6.07) is 5.82. The van der Waals surface area contributed by atoms with Crippen molar-refractivity contribution in [2.24, 2.45) is 0 Å². The van der Waals surface area contributed by atoms with Crippen LogP contribution in [0.3, 0.4) is 0 Å². The molecule has 3 heterocycles. The van der Waals surface area contributed by atoms with Gasteiger partial charge in [0.2, 0.25) is 5.88 Å². The Kier molecular flexibility index (Phi) is 3.20. The number of anilines is 1. The molecule has 3 aromatic heterocycles. The third-order valence-electron chi connectivity index (χ3n) is 2.98. The van der Waals surface area contributed by atoms with Gasteiger partial charge < -0.3 is 10.1 Å². The predicted molar refractivity (Wildman–Crippen MR) is 75.8 cm³/mol. The molecule has 0 radical (unpaired) electrons. The minimum Gasteiger partial charge on any atom is -0.481 e. The lowest BCUT2D eigenvalue weighted by Crippen LogP contribution is -2.04. The Morgan fingerprint density at radius 1 is 1.30 bits per heavy atom. The monoisotopic (exact) mass is 269 g/mol. The van der Waals surface area contributed by atoms with E-state index < -0.39 is 0 Å². The molecule has 0 aliphatic carbocycles. The number of nitrogens with one attached hydrogen (secondary N) is 1. The van der Waals surface area contributed by atoms with Crippen LogP contribution in [0.15, 0.2) is 36.8 Å². The largest absolute Gasteiger partial charge is 0.481 e. The van der Waals surface area contributed by atoms with Crippen molar-refractivity contribution in [3.8, 4) is 5.88 Å². The molecule has 3 rings (SSSR count). The Morgan fingerprint density at radius 2 is 2.20 bits per heavy atom. The highest BCUT2D eigenvalue weighted by Gasteiger charge is 2.05. The van der Waals surface area contributed by atoms with Crippen molar-refractivity contribution < 1.29 is 4.74 Å². The van der Waals surface area contributed by atoms with E-state index in [9.17, 15) is 0 Å². The Labute approximate surface area is 116 Å². The summed E-state index contributed by atoms with van der Waals surface area (Å²) in [4.78, 5) is 8.53. The van der Waals surface area contributed by atoms with Crippen molar-refractivity contribution in [1.29, 1.82) is 0 Å². The lowest BCUT2D eigenvalue weighted by Gasteiger charge is -2.07. The second-order valence-electron chi connectivity index (χ2n) is 4.45. The number of aromatic nitrogens is 4. The average Bonchev–Trinajstić information content (AvgIpc) is 2.86. The number of ether oxygens (including phenoxy) is 1. The van der Waals surface area contributed by atoms with Crippen LogP contribution < -0.4 is 10.1 Å². The number of hydrogen-bond donors (Lipinski definition) is 1. The molecule has 20 heavy (non-hydrogen) atoms. The number of pyridine rings is 1. The van der Waals surface area contributed by atoms with E-state index in [-0.39, 0.29) is 0 Å². The summed E-state index contributed by atoms with van der Waals surface area (Å²) >= 11 is 0. The molecule has 0 spiro atoms. The van der Waals surface area contributed by atoms with Crippen LogP contribution in [0.1, 0.15) is 11.3 Å². The van der Waals surface area contributed by atoms with Crippen LogP contribution in [0.5, 0.6) is 5.88 Å². The number of methoxy groups -OCH3 is 1. The average molecular weight is 269 g/mol. The standard InChI is InChI=1S/C14H15N5O/c1-10-7-12-14(15-5-6-19(12)18-10)17-9-11-3-4-13(20-2)16-8-11/h3-8H,9H2,1-2H3,(H,15,17). The normalized spacial score (nSPS) is 10.7. The fourth-order valence-electron chi connectivity index (χ4n) is 2.00. The third kappa shape index (κ3) is 2.40. The fraction of sp³-hybridized carbons (Fsp3) is 0.214. The molecule has 6 heteroatoms. The zero-order valence-corrected chi connectivity index (χ0v) is 11.4. The molecule has 102 valence electrons. The van der Waals surface area contributed by atoms with Gasteiger partial charge in [0.1, 0.15) is 5.52 Å². The summed E-state index contributed by atoms with van der Waals surface area (Å²) in [5.41, 5.74) is 2.99. The highest BCUT2D eigenvalue weighted by atomic mass is 16.5. The van der Waals surface area contributed by atoms with Gasteiger partial charge in [-0.2, -0.15) is 5.10 Å². The molecule has 3 aromatic rings. The molecule has 0 saturated carbocycles. The molecular weight excluding hydrogens is 254 g/mol. The maximum Gasteiger partial charge on any atom is 0.212 e. The molecule has 0 fully saturated rings. The van der Waals surface area contributed by atoms with Crippen molar-refractivity contribution in [3.05, 3.63) is 48.0 Å². The number of hydrogen-bond acceptors (Lipinski definition) is 5. The van der Waals surface area contributed by atoms with E-state index in [1.54, 1.807) is 19.5 Å². The van der Waals surface area contributed by atoms with Crippen molar-refractivity contribution in [2.75, 3.05) is 12.4 Å². The van der Waals surface area contributed by atoms with Crippen LogP contribution in [0.2, 0.25) is 0 Å². The van der Waals surface area contributed by atoms with Crippen LogP contribution in [0.4, 0.5) is 5.82 Å². The summed E-state index contributed by atoms with van der Waals surface area (Å²) in [7, 11) is 1.60. The van der Waals surface area contributed by atoms with E-state index in [0.29, 0.717) is 12.4 Å². The first-order chi connectivity index (χ1) is 9.76. The Morgan fingerprint density at radius 3 is 2.95 bits per heavy atom. The minimum absolute atomic E-state index is 0.611. The molecule has 0 amide bonds.